The highest BCUT2D eigenvalue weighted by atomic mass is 16.5. The molecule has 2 amide bonds. The van der Waals surface area contributed by atoms with Crippen molar-refractivity contribution >= 4 is 11.8 Å². The number of benzene rings is 2. The van der Waals surface area contributed by atoms with Gasteiger partial charge in [0, 0.05) is 31.1 Å². The van der Waals surface area contributed by atoms with Gasteiger partial charge in [0.2, 0.25) is 5.91 Å². The zero-order valence-electron chi connectivity index (χ0n) is 17.5. The molecule has 2 aromatic carbocycles. The van der Waals surface area contributed by atoms with E-state index in [9.17, 15) is 9.59 Å². The summed E-state index contributed by atoms with van der Waals surface area (Å²) in [6, 6.07) is 15.4. The van der Waals surface area contributed by atoms with E-state index in [4.69, 9.17) is 4.74 Å². The molecule has 0 saturated carbocycles. The van der Waals surface area contributed by atoms with Gasteiger partial charge in [-0.2, -0.15) is 0 Å². The minimum absolute atomic E-state index is 0.00793. The number of amides is 2. The summed E-state index contributed by atoms with van der Waals surface area (Å²) in [6.45, 7) is 5.67. The van der Waals surface area contributed by atoms with Crippen LogP contribution in [-0.2, 0) is 4.79 Å². The summed E-state index contributed by atoms with van der Waals surface area (Å²) in [6.07, 6.45) is 1.97. The molecule has 1 aliphatic heterocycles. The Morgan fingerprint density at radius 2 is 1.83 bits per heavy atom. The first kappa shape index (κ1) is 20.9. The third-order valence-corrected chi connectivity index (χ3v) is 5.61. The number of rotatable bonds is 7. The van der Waals surface area contributed by atoms with Gasteiger partial charge in [-0.1, -0.05) is 49.2 Å². The Morgan fingerprint density at radius 1 is 1.10 bits per heavy atom. The number of carbonyl (C=O) groups excluding carboxylic acids is 2. The fourth-order valence-corrected chi connectivity index (χ4v) is 3.92. The number of para-hydroxylation sites is 1. The van der Waals surface area contributed by atoms with Gasteiger partial charge >= 0.3 is 0 Å². The normalized spacial score (nSPS) is 18.5. The highest BCUT2D eigenvalue weighted by molar-refractivity contribution is 5.95. The number of methoxy groups -OCH3 is 1. The molecule has 29 heavy (non-hydrogen) atoms. The highest BCUT2D eigenvalue weighted by Gasteiger charge is 2.41. The molecule has 0 spiro atoms. The lowest BCUT2D eigenvalue weighted by atomic mass is 9.87. The van der Waals surface area contributed by atoms with E-state index in [-0.39, 0.29) is 23.7 Å². The minimum atomic E-state index is -0.294. The molecule has 0 aromatic heterocycles. The van der Waals surface area contributed by atoms with Crippen LogP contribution in [-0.4, -0.2) is 43.5 Å². The van der Waals surface area contributed by atoms with Crippen molar-refractivity contribution in [3.8, 4) is 5.75 Å². The van der Waals surface area contributed by atoms with Crippen molar-refractivity contribution in [1.82, 2.24) is 10.2 Å². The second kappa shape index (κ2) is 9.59. The van der Waals surface area contributed by atoms with Gasteiger partial charge in [0.15, 0.2) is 0 Å². The molecule has 2 aromatic rings. The Hall–Kier alpha value is -2.82. The van der Waals surface area contributed by atoms with Crippen molar-refractivity contribution in [1.29, 1.82) is 0 Å². The van der Waals surface area contributed by atoms with Crippen LogP contribution in [0.5, 0.6) is 5.75 Å². The largest absolute Gasteiger partial charge is 0.496 e. The quantitative estimate of drug-likeness (QED) is 0.727. The van der Waals surface area contributed by atoms with Crippen LogP contribution >= 0.6 is 0 Å². The van der Waals surface area contributed by atoms with Gasteiger partial charge in [-0.05, 0) is 37.1 Å². The Labute approximate surface area is 173 Å². The van der Waals surface area contributed by atoms with Crippen molar-refractivity contribution in [3.63, 3.8) is 0 Å². The average molecular weight is 395 g/mol. The van der Waals surface area contributed by atoms with Gasteiger partial charge in [-0.3, -0.25) is 9.59 Å². The molecule has 0 aliphatic carbocycles. The lowest BCUT2D eigenvalue weighted by molar-refractivity contribution is -0.124. The fraction of sp³-hybridized carbons (Fsp3) is 0.417. The van der Waals surface area contributed by atoms with Crippen LogP contribution in [0, 0.1) is 12.8 Å². The number of hydrogen-bond donors (Lipinski definition) is 1. The zero-order chi connectivity index (χ0) is 20.8. The lowest BCUT2D eigenvalue weighted by Crippen LogP contribution is -2.36. The molecule has 5 nitrogen and oxygen atoms in total. The molecule has 154 valence electrons. The van der Waals surface area contributed by atoms with E-state index in [0.29, 0.717) is 25.2 Å². The maximum absolute atomic E-state index is 13.1. The van der Waals surface area contributed by atoms with Crippen LogP contribution in [0.25, 0.3) is 0 Å². The van der Waals surface area contributed by atoms with Gasteiger partial charge in [0.1, 0.15) is 5.75 Å². The zero-order valence-corrected chi connectivity index (χ0v) is 17.5. The van der Waals surface area contributed by atoms with Crippen LogP contribution in [0.1, 0.15) is 47.2 Å². The summed E-state index contributed by atoms with van der Waals surface area (Å²) in [5.74, 6) is 0.343. The molecule has 1 saturated heterocycles. The molecule has 1 heterocycles. The van der Waals surface area contributed by atoms with E-state index in [1.807, 2.05) is 55.5 Å². The number of nitrogens with one attached hydrogen (secondary N) is 1. The molecule has 2 atom stereocenters. The summed E-state index contributed by atoms with van der Waals surface area (Å²) in [5.41, 5.74) is 2.74. The Bertz CT molecular complexity index is 847. The topological polar surface area (TPSA) is 58.6 Å². The molecular weight excluding hydrogens is 364 g/mol. The van der Waals surface area contributed by atoms with E-state index in [1.54, 1.807) is 12.0 Å². The lowest BCUT2D eigenvalue weighted by Gasteiger charge is -2.20. The van der Waals surface area contributed by atoms with Crippen LogP contribution in [0.2, 0.25) is 0 Å². The van der Waals surface area contributed by atoms with Crippen LogP contribution in [0.3, 0.4) is 0 Å². The van der Waals surface area contributed by atoms with Crippen LogP contribution in [0.4, 0.5) is 0 Å². The molecule has 0 unspecified atom stereocenters. The first-order valence-corrected chi connectivity index (χ1v) is 10.3. The van der Waals surface area contributed by atoms with E-state index < -0.39 is 0 Å². The van der Waals surface area contributed by atoms with E-state index >= 15 is 0 Å². The van der Waals surface area contributed by atoms with Gasteiger partial charge in [0.25, 0.3) is 5.91 Å². The van der Waals surface area contributed by atoms with E-state index in [0.717, 1.165) is 29.7 Å². The molecule has 1 aliphatic rings. The molecule has 3 rings (SSSR count). The summed E-state index contributed by atoms with van der Waals surface area (Å²) in [7, 11) is 1.64. The van der Waals surface area contributed by atoms with Crippen molar-refractivity contribution in [2.45, 2.75) is 32.6 Å². The number of hydrogen-bond acceptors (Lipinski definition) is 3. The van der Waals surface area contributed by atoms with Crippen molar-refractivity contribution in [3.05, 3.63) is 65.2 Å². The first-order valence-electron chi connectivity index (χ1n) is 10.3. The number of carbonyl (C=O) groups is 2. The SMILES string of the molecule is CCCCNC(=O)[C@H]1CN(C(=O)c2ccc(C)cc2)C[C@H]1c1ccccc1OC. The number of likely N-dealkylation sites (tertiary alicyclic amines) is 1. The predicted molar refractivity (Wildman–Crippen MR) is 114 cm³/mol. The average Bonchev–Trinajstić information content (AvgIpc) is 3.19. The second-order valence-electron chi connectivity index (χ2n) is 7.68. The van der Waals surface area contributed by atoms with E-state index in [2.05, 4.69) is 12.2 Å². The third-order valence-electron chi connectivity index (χ3n) is 5.61. The second-order valence-corrected chi connectivity index (χ2v) is 7.68. The standard InChI is InChI=1S/C24H30N2O3/c1-4-5-14-25-23(27)21-16-26(24(28)18-12-10-17(2)11-13-18)15-20(21)19-8-6-7-9-22(19)29-3/h6-13,20-21H,4-5,14-16H2,1-3H3,(H,25,27)/t20-,21-/m0/s1. The maximum atomic E-state index is 13.1. The number of ether oxygens (including phenoxy) is 1. The fourth-order valence-electron chi connectivity index (χ4n) is 3.92. The Morgan fingerprint density at radius 3 is 2.52 bits per heavy atom. The van der Waals surface area contributed by atoms with Gasteiger partial charge < -0.3 is 15.0 Å². The van der Waals surface area contributed by atoms with Crippen molar-refractivity contribution < 1.29 is 14.3 Å². The number of unbranched alkanes of at least 4 members (excludes halogenated alkanes) is 1. The number of nitrogens with zero attached hydrogens (tertiary/aromatic N) is 1. The monoisotopic (exact) mass is 394 g/mol. The first-order chi connectivity index (χ1) is 14.0. The van der Waals surface area contributed by atoms with Crippen molar-refractivity contribution in [2.24, 2.45) is 5.92 Å². The Balaban J connectivity index is 1.86. The molecule has 1 fully saturated rings. The van der Waals surface area contributed by atoms with Crippen LogP contribution in [0.15, 0.2) is 48.5 Å². The van der Waals surface area contributed by atoms with Crippen LogP contribution < -0.4 is 10.1 Å². The third kappa shape index (κ3) is 4.78. The van der Waals surface area contributed by atoms with Gasteiger partial charge in [-0.25, -0.2) is 0 Å². The maximum Gasteiger partial charge on any atom is 0.253 e. The molecular formula is C24H30N2O3. The summed E-state index contributed by atoms with van der Waals surface area (Å²) in [5, 5.41) is 3.05. The van der Waals surface area contributed by atoms with Gasteiger partial charge in [0.05, 0.1) is 13.0 Å². The van der Waals surface area contributed by atoms with Crippen molar-refractivity contribution in [2.75, 3.05) is 26.7 Å². The molecule has 0 bridgehead atoms. The van der Waals surface area contributed by atoms with Gasteiger partial charge in [-0.15, -0.1) is 0 Å². The minimum Gasteiger partial charge on any atom is -0.496 e. The molecule has 5 heteroatoms. The smallest absolute Gasteiger partial charge is 0.253 e. The molecule has 1 N–H and O–H groups in total. The highest BCUT2D eigenvalue weighted by Crippen LogP contribution is 2.38. The summed E-state index contributed by atoms with van der Waals surface area (Å²) < 4.78 is 5.54. The summed E-state index contributed by atoms with van der Waals surface area (Å²) in [4.78, 5) is 27.8. The van der Waals surface area contributed by atoms with E-state index in [1.165, 1.54) is 0 Å². The predicted octanol–water partition coefficient (Wildman–Crippen LogP) is 3.78. The summed E-state index contributed by atoms with van der Waals surface area (Å²) >= 11 is 0. The Kier molecular flexibility index (Phi) is 6.91. The molecule has 0 radical (unpaired) electrons. The number of aryl methyl sites for hydroxylation is 1.